The lowest BCUT2D eigenvalue weighted by atomic mass is 9.92. The van der Waals surface area contributed by atoms with Gasteiger partial charge in [0.1, 0.15) is 0 Å². The highest BCUT2D eigenvalue weighted by molar-refractivity contribution is 4.81. The molecule has 1 fully saturated rings. The van der Waals surface area contributed by atoms with Gasteiger partial charge in [0, 0.05) is 19.7 Å². The maximum atomic E-state index is 9.14. The van der Waals surface area contributed by atoms with E-state index in [1.807, 2.05) is 0 Å². The molecule has 1 aliphatic carbocycles. The molecule has 13 heavy (non-hydrogen) atoms. The molecule has 0 amide bonds. The van der Waals surface area contributed by atoms with Crippen LogP contribution < -0.4 is 5.32 Å². The zero-order valence-corrected chi connectivity index (χ0v) is 8.62. The molecule has 0 aromatic rings. The van der Waals surface area contributed by atoms with Crippen molar-refractivity contribution in [3.05, 3.63) is 0 Å². The van der Waals surface area contributed by atoms with Gasteiger partial charge in [-0.05, 0) is 19.8 Å². The summed E-state index contributed by atoms with van der Waals surface area (Å²) < 4.78 is 5.39. The quantitative estimate of drug-likeness (QED) is 0.687. The van der Waals surface area contributed by atoms with E-state index < -0.39 is 0 Å². The Hall–Kier alpha value is -0.120. The molecule has 3 nitrogen and oxygen atoms in total. The Morgan fingerprint density at radius 3 is 2.77 bits per heavy atom. The maximum absolute atomic E-state index is 9.14. The van der Waals surface area contributed by atoms with Crippen molar-refractivity contribution in [2.45, 2.75) is 50.9 Å². The van der Waals surface area contributed by atoms with Crippen molar-refractivity contribution in [2.75, 3.05) is 13.7 Å². The van der Waals surface area contributed by atoms with Gasteiger partial charge in [-0.2, -0.15) is 0 Å². The van der Waals surface area contributed by atoms with Gasteiger partial charge in [0.25, 0.3) is 0 Å². The molecule has 1 rings (SSSR count). The molecule has 1 aliphatic rings. The van der Waals surface area contributed by atoms with Gasteiger partial charge in [-0.1, -0.05) is 12.8 Å². The van der Waals surface area contributed by atoms with Crippen LogP contribution in [0.2, 0.25) is 0 Å². The highest BCUT2D eigenvalue weighted by atomic mass is 16.5. The van der Waals surface area contributed by atoms with Crippen LogP contribution >= 0.6 is 0 Å². The number of ether oxygens (including phenoxy) is 1. The lowest BCUT2D eigenvalue weighted by Gasteiger charge is -2.31. The molecule has 3 unspecified atom stereocenters. The van der Waals surface area contributed by atoms with Crippen molar-refractivity contribution >= 4 is 0 Å². The van der Waals surface area contributed by atoms with E-state index in [9.17, 15) is 0 Å². The van der Waals surface area contributed by atoms with Gasteiger partial charge < -0.3 is 15.2 Å². The van der Waals surface area contributed by atoms with E-state index in [2.05, 4.69) is 5.32 Å². The van der Waals surface area contributed by atoms with Crippen LogP contribution in [0, 0.1) is 0 Å². The van der Waals surface area contributed by atoms with E-state index in [4.69, 9.17) is 9.84 Å². The van der Waals surface area contributed by atoms with Crippen molar-refractivity contribution in [2.24, 2.45) is 0 Å². The van der Waals surface area contributed by atoms with E-state index in [1.165, 1.54) is 19.3 Å². The van der Waals surface area contributed by atoms with Gasteiger partial charge in [-0.3, -0.25) is 0 Å². The Labute approximate surface area is 80.5 Å². The van der Waals surface area contributed by atoms with Crippen LogP contribution in [0.25, 0.3) is 0 Å². The molecule has 0 aliphatic heterocycles. The normalized spacial score (nSPS) is 31.6. The number of nitrogens with one attached hydrogen (secondary N) is 1. The average Bonchev–Trinajstić information content (AvgIpc) is 2.15. The Morgan fingerprint density at radius 2 is 2.15 bits per heavy atom. The lowest BCUT2D eigenvalue weighted by Crippen LogP contribution is -2.45. The van der Waals surface area contributed by atoms with Crippen molar-refractivity contribution in [3.63, 3.8) is 0 Å². The number of rotatable bonds is 4. The summed E-state index contributed by atoms with van der Waals surface area (Å²) >= 11 is 0. The van der Waals surface area contributed by atoms with Crippen LogP contribution in [-0.2, 0) is 4.74 Å². The minimum atomic E-state index is -0.264. The van der Waals surface area contributed by atoms with Gasteiger partial charge >= 0.3 is 0 Å². The SMILES string of the molecule is COC1CCCCC1NCC(C)O. The molecule has 3 atom stereocenters. The molecule has 3 heteroatoms. The monoisotopic (exact) mass is 187 g/mol. The number of hydrogen-bond acceptors (Lipinski definition) is 3. The molecule has 0 saturated heterocycles. The van der Waals surface area contributed by atoms with Crippen LogP contribution in [-0.4, -0.2) is 37.0 Å². The molecular weight excluding hydrogens is 166 g/mol. The molecule has 78 valence electrons. The van der Waals surface area contributed by atoms with Gasteiger partial charge in [0.05, 0.1) is 12.2 Å². The Kier molecular flexibility index (Phi) is 4.70. The van der Waals surface area contributed by atoms with Gasteiger partial charge in [0.15, 0.2) is 0 Å². The van der Waals surface area contributed by atoms with E-state index in [1.54, 1.807) is 14.0 Å². The summed E-state index contributed by atoms with van der Waals surface area (Å²) in [4.78, 5) is 0. The fourth-order valence-corrected chi connectivity index (χ4v) is 1.93. The number of hydrogen-bond donors (Lipinski definition) is 2. The molecular formula is C10H21NO2. The standard InChI is InChI=1S/C10H21NO2/c1-8(12)7-11-9-5-3-4-6-10(9)13-2/h8-12H,3-7H2,1-2H3. The van der Waals surface area contributed by atoms with Crippen LogP contribution in [0.1, 0.15) is 32.6 Å². The second-order valence-electron chi connectivity index (χ2n) is 3.92. The summed E-state index contributed by atoms with van der Waals surface area (Å²) in [5, 5.41) is 12.5. The fraction of sp³-hybridized carbons (Fsp3) is 1.00. The fourth-order valence-electron chi connectivity index (χ4n) is 1.93. The van der Waals surface area contributed by atoms with E-state index in [0.717, 1.165) is 6.42 Å². The van der Waals surface area contributed by atoms with Crippen LogP contribution in [0.3, 0.4) is 0 Å². The molecule has 0 aromatic carbocycles. The highest BCUT2D eigenvalue weighted by Gasteiger charge is 2.24. The minimum Gasteiger partial charge on any atom is -0.392 e. The minimum absolute atomic E-state index is 0.264. The summed E-state index contributed by atoms with van der Waals surface area (Å²) in [6.07, 6.45) is 4.94. The Morgan fingerprint density at radius 1 is 1.46 bits per heavy atom. The number of methoxy groups -OCH3 is 1. The first-order chi connectivity index (χ1) is 6.24. The summed E-state index contributed by atoms with van der Waals surface area (Å²) in [7, 11) is 1.77. The van der Waals surface area contributed by atoms with Crippen molar-refractivity contribution in [1.82, 2.24) is 5.32 Å². The van der Waals surface area contributed by atoms with Crippen LogP contribution in [0.5, 0.6) is 0 Å². The number of aliphatic hydroxyl groups excluding tert-OH is 1. The van der Waals surface area contributed by atoms with Gasteiger partial charge in [-0.25, -0.2) is 0 Å². The summed E-state index contributed by atoms with van der Waals surface area (Å²) in [6, 6.07) is 0.438. The second-order valence-corrected chi connectivity index (χ2v) is 3.92. The smallest absolute Gasteiger partial charge is 0.0724 e. The first-order valence-electron chi connectivity index (χ1n) is 5.18. The van der Waals surface area contributed by atoms with Gasteiger partial charge in [0.2, 0.25) is 0 Å². The predicted molar refractivity (Wildman–Crippen MR) is 52.7 cm³/mol. The van der Waals surface area contributed by atoms with Crippen LogP contribution in [0.15, 0.2) is 0 Å². The summed E-state index contributed by atoms with van der Waals surface area (Å²) in [6.45, 7) is 2.47. The third-order valence-corrected chi connectivity index (χ3v) is 2.68. The van der Waals surface area contributed by atoms with Gasteiger partial charge in [-0.15, -0.1) is 0 Å². The van der Waals surface area contributed by atoms with E-state index in [0.29, 0.717) is 18.7 Å². The second kappa shape index (κ2) is 5.58. The Balaban J connectivity index is 2.27. The average molecular weight is 187 g/mol. The lowest BCUT2D eigenvalue weighted by molar-refractivity contribution is 0.0375. The topological polar surface area (TPSA) is 41.5 Å². The molecule has 2 N–H and O–H groups in total. The molecule has 0 aromatic heterocycles. The molecule has 1 saturated carbocycles. The third kappa shape index (κ3) is 3.63. The van der Waals surface area contributed by atoms with E-state index in [-0.39, 0.29) is 6.10 Å². The van der Waals surface area contributed by atoms with Crippen molar-refractivity contribution in [3.8, 4) is 0 Å². The third-order valence-electron chi connectivity index (χ3n) is 2.68. The number of aliphatic hydroxyl groups is 1. The first kappa shape index (κ1) is 11.0. The molecule has 0 spiro atoms. The maximum Gasteiger partial charge on any atom is 0.0724 e. The first-order valence-corrected chi connectivity index (χ1v) is 5.18. The summed E-state index contributed by atoms with van der Waals surface area (Å²) in [5.41, 5.74) is 0. The van der Waals surface area contributed by atoms with E-state index >= 15 is 0 Å². The predicted octanol–water partition coefficient (Wildman–Crippen LogP) is 0.914. The molecule has 0 radical (unpaired) electrons. The molecule has 0 bridgehead atoms. The van der Waals surface area contributed by atoms with Crippen molar-refractivity contribution < 1.29 is 9.84 Å². The zero-order chi connectivity index (χ0) is 9.68. The van der Waals surface area contributed by atoms with Crippen molar-refractivity contribution in [1.29, 1.82) is 0 Å². The Bertz CT molecular complexity index is 139. The summed E-state index contributed by atoms with van der Waals surface area (Å²) in [5.74, 6) is 0. The zero-order valence-electron chi connectivity index (χ0n) is 8.62. The highest BCUT2D eigenvalue weighted by Crippen LogP contribution is 2.20. The van der Waals surface area contributed by atoms with Crippen LogP contribution in [0.4, 0.5) is 0 Å². The largest absolute Gasteiger partial charge is 0.392 e. The molecule has 0 heterocycles.